The summed E-state index contributed by atoms with van der Waals surface area (Å²) in [6, 6.07) is 10.6. The fraction of sp³-hybridized carbons (Fsp3) is 0.619. The average Bonchev–Trinajstić information content (AvgIpc) is 2.73. The average molecular weight is 419 g/mol. The molecule has 2 aliphatic heterocycles. The molecule has 0 radical (unpaired) electrons. The molecule has 158 valence electrons. The van der Waals surface area contributed by atoms with Crippen LogP contribution in [0.2, 0.25) is 0 Å². The van der Waals surface area contributed by atoms with E-state index in [9.17, 15) is 10.1 Å². The zero-order valence-corrected chi connectivity index (χ0v) is 17.9. The Labute approximate surface area is 177 Å². The molecule has 4 atom stereocenters. The molecule has 2 heterocycles. The molecular formula is C21H30N4O3S. The molecule has 2 fully saturated rings. The minimum absolute atomic E-state index is 0.0595. The fourth-order valence-electron chi connectivity index (χ4n) is 4.02. The largest absolute Gasteiger partial charge is 0.384 e. The maximum atomic E-state index is 12.7. The van der Waals surface area contributed by atoms with E-state index < -0.39 is 0 Å². The Balaban J connectivity index is 1.59. The monoisotopic (exact) mass is 418 g/mol. The van der Waals surface area contributed by atoms with E-state index in [1.807, 2.05) is 24.3 Å². The number of nitrogens with zero attached hydrogens (tertiary/aromatic N) is 2. The SMILES string of the molecule is COCC1CC(C)NC(SCC(=O)Nc2ccccc2N2CCOCC2)C1C#N. The molecule has 3 rings (SSSR count). The van der Waals surface area contributed by atoms with E-state index in [1.165, 1.54) is 11.8 Å². The fourth-order valence-corrected chi connectivity index (χ4v) is 5.24. The third-order valence-electron chi connectivity index (χ3n) is 5.39. The molecule has 0 spiro atoms. The van der Waals surface area contributed by atoms with Crippen LogP contribution in [0.1, 0.15) is 13.3 Å². The summed E-state index contributed by atoms with van der Waals surface area (Å²) in [6.45, 7) is 5.71. The summed E-state index contributed by atoms with van der Waals surface area (Å²) < 4.78 is 10.7. The first-order valence-electron chi connectivity index (χ1n) is 10.1. The van der Waals surface area contributed by atoms with Gasteiger partial charge in [0.25, 0.3) is 0 Å². The second-order valence-electron chi connectivity index (χ2n) is 7.57. The number of carbonyl (C=O) groups excluding carboxylic acids is 1. The molecule has 4 unspecified atom stereocenters. The number of methoxy groups -OCH3 is 1. The smallest absolute Gasteiger partial charge is 0.234 e. The summed E-state index contributed by atoms with van der Waals surface area (Å²) in [7, 11) is 1.67. The number of nitriles is 1. The van der Waals surface area contributed by atoms with Crippen molar-refractivity contribution in [1.29, 1.82) is 5.26 Å². The lowest BCUT2D eigenvalue weighted by Gasteiger charge is -2.38. The van der Waals surface area contributed by atoms with Crippen molar-refractivity contribution in [2.24, 2.45) is 11.8 Å². The maximum absolute atomic E-state index is 12.7. The maximum Gasteiger partial charge on any atom is 0.234 e. The number of morpholine rings is 1. The number of amides is 1. The molecule has 7 nitrogen and oxygen atoms in total. The van der Waals surface area contributed by atoms with Gasteiger partial charge in [-0.15, -0.1) is 11.8 Å². The summed E-state index contributed by atoms with van der Waals surface area (Å²) in [5, 5.41) is 16.1. The zero-order valence-electron chi connectivity index (χ0n) is 17.1. The van der Waals surface area contributed by atoms with Crippen LogP contribution in [-0.2, 0) is 14.3 Å². The molecule has 1 aromatic carbocycles. The normalized spacial score (nSPS) is 27.3. The number of ether oxygens (including phenoxy) is 2. The minimum Gasteiger partial charge on any atom is -0.384 e. The van der Waals surface area contributed by atoms with Crippen LogP contribution in [-0.4, -0.2) is 63.1 Å². The van der Waals surface area contributed by atoms with Crippen molar-refractivity contribution in [3.8, 4) is 6.07 Å². The third kappa shape index (κ3) is 5.86. The van der Waals surface area contributed by atoms with Crippen molar-refractivity contribution in [1.82, 2.24) is 5.32 Å². The van der Waals surface area contributed by atoms with Crippen molar-refractivity contribution >= 4 is 29.0 Å². The zero-order chi connectivity index (χ0) is 20.6. The number of hydrogen-bond donors (Lipinski definition) is 2. The van der Waals surface area contributed by atoms with E-state index >= 15 is 0 Å². The van der Waals surface area contributed by atoms with Gasteiger partial charge >= 0.3 is 0 Å². The molecule has 0 bridgehead atoms. The van der Waals surface area contributed by atoms with Gasteiger partial charge in [-0.3, -0.25) is 4.79 Å². The second-order valence-corrected chi connectivity index (χ2v) is 8.70. The Bertz CT molecular complexity index is 720. The highest BCUT2D eigenvalue weighted by atomic mass is 32.2. The predicted molar refractivity (Wildman–Crippen MR) is 116 cm³/mol. The summed E-state index contributed by atoms with van der Waals surface area (Å²) in [6.07, 6.45) is 0.905. The number of hydrogen-bond acceptors (Lipinski definition) is 7. The molecule has 29 heavy (non-hydrogen) atoms. The van der Waals surface area contributed by atoms with Gasteiger partial charge in [0.2, 0.25) is 5.91 Å². The van der Waals surface area contributed by atoms with Crippen LogP contribution >= 0.6 is 11.8 Å². The van der Waals surface area contributed by atoms with E-state index in [4.69, 9.17) is 9.47 Å². The molecule has 1 aromatic rings. The van der Waals surface area contributed by atoms with E-state index in [-0.39, 0.29) is 23.1 Å². The Hall–Kier alpha value is -1.79. The van der Waals surface area contributed by atoms with Crippen LogP contribution in [0, 0.1) is 23.2 Å². The molecule has 2 N–H and O–H groups in total. The summed E-state index contributed by atoms with van der Waals surface area (Å²) >= 11 is 1.50. The number of anilines is 2. The van der Waals surface area contributed by atoms with Gasteiger partial charge < -0.3 is 25.0 Å². The van der Waals surface area contributed by atoms with Gasteiger partial charge in [0.15, 0.2) is 0 Å². The van der Waals surface area contributed by atoms with Crippen LogP contribution < -0.4 is 15.5 Å². The summed E-state index contributed by atoms with van der Waals surface area (Å²) in [5.74, 6) is 0.240. The van der Waals surface area contributed by atoms with Crippen molar-refractivity contribution in [3.05, 3.63) is 24.3 Å². The van der Waals surface area contributed by atoms with Crippen molar-refractivity contribution in [2.45, 2.75) is 24.8 Å². The topological polar surface area (TPSA) is 86.6 Å². The van der Waals surface area contributed by atoms with Gasteiger partial charge in [0.1, 0.15) is 0 Å². The predicted octanol–water partition coefficient (Wildman–Crippen LogP) is 2.31. The van der Waals surface area contributed by atoms with E-state index in [0.29, 0.717) is 31.6 Å². The van der Waals surface area contributed by atoms with Crippen LogP contribution in [0.4, 0.5) is 11.4 Å². The van der Waals surface area contributed by atoms with Crippen LogP contribution in [0.5, 0.6) is 0 Å². The van der Waals surface area contributed by atoms with Crippen molar-refractivity contribution in [3.63, 3.8) is 0 Å². The van der Waals surface area contributed by atoms with E-state index in [2.05, 4.69) is 28.5 Å². The Morgan fingerprint density at radius 3 is 2.90 bits per heavy atom. The van der Waals surface area contributed by atoms with Crippen molar-refractivity contribution in [2.75, 3.05) is 56.0 Å². The number of rotatable bonds is 7. The Kier molecular flexibility index (Phi) is 8.19. The van der Waals surface area contributed by atoms with E-state index in [0.717, 1.165) is 30.9 Å². The van der Waals surface area contributed by atoms with Gasteiger partial charge in [0, 0.05) is 32.2 Å². The molecule has 8 heteroatoms. The summed E-state index contributed by atoms with van der Waals surface area (Å²) in [5.41, 5.74) is 1.84. The first kappa shape index (κ1) is 21.9. The molecule has 0 saturated carbocycles. The highest BCUT2D eigenvalue weighted by Gasteiger charge is 2.36. The number of thioether (sulfide) groups is 1. The highest BCUT2D eigenvalue weighted by Crippen LogP contribution is 2.33. The number of benzene rings is 1. The van der Waals surface area contributed by atoms with Crippen LogP contribution in [0.15, 0.2) is 24.3 Å². The lowest BCUT2D eigenvalue weighted by Crippen LogP contribution is -2.49. The number of piperidine rings is 1. The molecule has 2 aliphatic rings. The number of nitrogens with one attached hydrogen (secondary N) is 2. The summed E-state index contributed by atoms with van der Waals surface area (Å²) in [4.78, 5) is 14.9. The van der Waals surface area contributed by atoms with Gasteiger partial charge in [-0.05, 0) is 25.5 Å². The van der Waals surface area contributed by atoms with Crippen LogP contribution in [0.25, 0.3) is 0 Å². The molecule has 0 aliphatic carbocycles. The number of carbonyl (C=O) groups is 1. The highest BCUT2D eigenvalue weighted by molar-refractivity contribution is 8.00. The van der Waals surface area contributed by atoms with Gasteiger partial charge in [-0.2, -0.15) is 5.26 Å². The molecule has 1 amide bonds. The quantitative estimate of drug-likeness (QED) is 0.703. The molecular weight excluding hydrogens is 388 g/mol. The standard InChI is InChI=1S/C21H30N4O3S/c1-15-11-16(13-27-2)17(12-22)21(23-15)29-14-20(26)24-18-5-3-4-6-19(18)25-7-9-28-10-8-25/h3-6,15-17,21,23H,7-11,13-14H2,1-2H3,(H,24,26). The third-order valence-corrected chi connectivity index (χ3v) is 6.61. The molecule has 0 aromatic heterocycles. The first-order chi connectivity index (χ1) is 14.1. The first-order valence-corrected chi connectivity index (χ1v) is 11.1. The van der Waals surface area contributed by atoms with Gasteiger partial charge in [0.05, 0.1) is 54.3 Å². The number of para-hydroxylation sites is 2. The van der Waals surface area contributed by atoms with Crippen molar-refractivity contribution < 1.29 is 14.3 Å². The van der Waals surface area contributed by atoms with E-state index in [1.54, 1.807) is 7.11 Å². The lowest BCUT2D eigenvalue weighted by molar-refractivity contribution is -0.113. The Morgan fingerprint density at radius 1 is 1.41 bits per heavy atom. The van der Waals surface area contributed by atoms with Gasteiger partial charge in [-0.25, -0.2) is 0 Å². The van der Waals surface area contributed by atoms with Gasteiger partial charge in [-0.1, -0.05) is 12.1 Å². The van der Waals surface area contributed by atoms with Crippen LogP contribution in [0.3, 0.4) is 0 Å². The Morgan fingerprint density at radius 2 is 2.17 bits per heavy atom. The minimum atomic E-state index is -0.176. The lowest BCUT2D eigenvalue weighted by atomic mass is 9.84. The second kappa shape index (κ2) is 10.8. The molecule has 2 saturated heterocycles.